The summed E-state index contributed by atoms with van der Waals surface area (Å²) in [5.41, 5.74) is 0.555. The van der Waals surface area contributed by atoms with E-state index in [0.717, 1.165) is 42.2 Å². The number of amides is 1. The summed E-state index contributed by atoms with van der Waals surface area (Å²) < 4.78 is 6.01. The summed E-state index contributed by atoms with van der Waals surface area (Å²) in [6, 6.07) is 9.96. The number of aliphatic hydroxyl groups is 1. The molecule has 0 saturated carbocycles. The van der Waals surface area contributed by atoms with Crippen molar-refractivity contribution >= 4 is 29.7 Å². The highest BCUT2D eigenvalue weighted by Crippen LogP contribution is 2.38. The Labute approximate surface area is 181 Å². The van der Waals surface area contributed by atoms with Crippen LogP contribution in [0.15, 0.2) is 35.7 Å². The number of piperidine rings is 1. The van der Waals surface area contributed by atoms with E-state index in [1.807, 2.05) is 42.6 Å². The van der Waals surface area contributed by atoms with Gasteiger partial charge in [-0.15, -0.1) is 23.7 Å². The zero-order chi connectivity index (χ0) is 19.6. The molecule has 29 heavy (non-hydrogen) atoms. The third-order valence-corrected chi connectivity index (χ3v) is 6.84. The van der Waals surface area contributed by atoms with Gasteiger partial charge in [-0.2, -0.15) is 0 Å². The minimum atomic E-state index is -0.727. The lowest BCUT2D eigenvalue weighted by Crippen LogP contribution is -2.69. The third-order valence-electron chi connectivity index (χ3n) is 5.90. The first kappa shape index (κ1) is 22.2. The van der Waals surface area contributed by atoms with Crippen molar-refractivity contribution < 1.29 is 14.6 Å². The normalized spacial score (nSPS) is 25.9. The fraction of sp³-hybridized carbons (Fsp3) is 0.524. The Morgan fingerprint density at radius 2 is 2.03 bits per heavy atom. The van der Waals surface area contributed by atoms with Gasteiger partial charge in [-0.05, 0) is 39.3 Å². The van der Waals surface area contributed by atoms with E-state index in [0.29, 0.717) is 13.0 Å². The van der Waals surface area contributed by atoms with E-state index in [-0.39, 0.29) is 24.7 Å². The first-order valence-electron chi connectivity index (χ1n) is 9.84. The number of thiazole rings is 1. The molecule has 1 amide bonds. The molecule has 1 spiro atoms. The minimum Gasteiger partial charge on any atom is -0.388 e. The van der Waals surface area contributed by atoms with Gasteiger partial charge in [0, 0.05) is 17.6 Å². The molecule has 1 aromatic carbocycles. The maximum atomic E-state index is 12.7. The molecular weight excluding hydrogens is 410 g/mol. The van der Waals surface area contributed by atoms with Gasteiger partial charge in [-0.25, -0.2) is 4.98 Å². The number of rotatable bonds is 4. The predicted molar refractivity (Wildman–Crippen MR) is 116 cm³/mol. The molecule has 2 aromatic rings. The molecule has 2 atom stereocenters. The van der Waals surface area contributed by atoms with Crippen molar-refractivity contribution in [3.63, 3.8) is 0 Å². The van der Waals surface area contributed by atoms with Crippen molar-refractivity contribution in [2.45, 2.75) is 49.9 Å². The first-order chi connectivity index (χ1) is 13.5. The van der Waals surface area contributed by atoms with Crippen molar-refractivity contribution in [3.05, 3.63) is 41.4 Å². The van der Waals surface area contributed by atoms with Gasteiger partial charge in [-0.1, -0.05) is 30.3 Å². The Kier molecular flexibility index (Phi) is 6.96. The average Bonchev–Trinajstić information content (AvgIpc) is 3.16. The number of carbonyl (C=O) groups excluding carboxylic acids is 1. The van der Waals surface area contributed by atoms with Crippen LogP contribution in [-0.4, -0.2) is 52.9 Å². The molecule has 0 unspecified atom stereocenters. The number of hydrogen-bond donors (Lipinski definition) is 3. The van der Waals surface area contributed by atoms with Crippen LogP contribution in [0.3, 0.4) is 0 Å². The number of hydrogen-bond acceptors (Lipinski definition) is 6. The SMILES string of the molecule is C[C@@]1(NC(=O)Cc2csc(-c3ccccc3)n2)CCOC2(CCNCC2)[C@H]1O.Cl. The van der Waals surface area contributed by atoms with E-state index < -0.39 is 17.2 Å². The fourth-order valence-electron chi connectivity index (χ4n) is 4.29. The zero-order valence-electron chi connectivity index (χ0n) is 16.5. The van der Waals surface area contributed by atoms with Crippen molar-refractivity contribution in [2.75, 3.05) is 19.7 Å². The Morgan fingerprint density at radius 3 is 2.76 bits per heavy atom. The maximum absolute atomic E-state index is 12.7. The third kappa shape index (κ3) is 4.64. The van der Waals surface area contributed by atoms with Crippen LogP contribution in [0.5, 0.6) is 0 Å². The quantitative estimate of drug-likeness (QED) is 0.684. The number of carbonyl (C=O) groups is 1. The van der Waals surface area contributed by atoms with E-state index >= 15 is 0 Å². The summed E-state index contributed by atoms with van der Waals surface area (Å²) in [6.07, 6.45) is 1.59. The second-order valence-electron chi connectivity index (χ2n) is 7.97. The van der Waals surface area contributed by atoms with Gasteiger partial charge >= 0.3 is 0 Å². The summed E-state index contributed by atoms with van der Waals surface area (Å²) in [7, 11) is 0. The molecule has 8 heteroatoms. The average molecular weight is 438 g/mol. The van der Waals surface area contributed by atoms with Crippen molar-refractivity contribution in [1.82, 2.24) is 15.6 Å². The van der Waals surface area contributed by atoms with Gasteiger partial charge in [0.2, 0.25) is 5.91 Å². The van der Waals surface area contributed by atoms with Crippen LogP contribution in [-0.2, 0) is 16.0 Å². The molecule has 6 nitrogen and oxygen atoms in total. The van der Waals surface area contributed by atoms with Crippen LogP contribution in [0, 0.1) is 0 Å². The van der Waals surface area contributed by atoms with Crippen molar-refractivity contribution in [2.24, 2.45) is 0 Å². The Balaban J connectivity index is 0.00000240. The van der Waals surface area contributed by atoms with Crippen LogP contribution in [0.2, 0.25) is 0 Å². The Morgan fingerprint density at radius 1 is 1.31 bits per heavy atom. The summed E-state index contributed by atoms with van der Waals surface area (Å²) in [4.78, 5) is 17.3. The molecule has 1 aromatic heterocycles. The highest BCUT2D eigenvalue weighted by molar-refractivity contribution is 7.13. The maximum Gasteiger partial charge on any atom is 0.226 e. The molecule has 2 aliphatic rings. The number of ether oxygens (including phenoxy) is 1. The lowest BCUT2D eigenvalue weighted by atomic mass is 9.73. The summed E-state index contributed by atoms with van der Waals surface area (Å²) >= 11 is 1.54. The number of nitrogens with one attached hydrogen (secondary N) is 2. The number of aliphatic hydroxyl groups excluding tert-OH is 1. The lowest BCUT2D eigenvalue weighted by Gasteiger charge is -2.52. The van der Waals surface area contributed by atoms with Crippen molar-refractivity contribution in [1.29, 1.82) is 0 Å². The zero-order valence-corrected chi connectivity index (χ0v) is 18.2. The van der Waals surface area contributed by atoms with E-state index in [1.54, 1.807) is 11.3 Å². The second-order valence-corrected chi connectivity index (χ2v) is 8.83. The van der Waals surface area contributed by atoms with E-state index in [2.05, 4.69) is 15.6 Å². The van der Waals surface area contributed by atoms with Gasteiger partial charge in [0.15, 0.2) is 0 Å². The fourth-order valence-corrected chi connectivity index (χ4v) is 5.12. The standard InChI is InChI=1S/C21H27N3O3S.ClH/c1-20(9-12-27-21(19(20)26)7-10-22-11-8-21)24-17(25)13-16-14-28-18(23-16)15-5-3-2-4-6-15;/h2-6,14,19,22,26H,7-13H2,1H3,(H,24,25);1H/t19-,20+;/m0./s1. The van der Waals surface area contributed by atoms with Crippen molar-refractivity contribution in [3.8, 4) is 10.6 Å². The van der Waals surface area contributed by atoms with E-state index in [1.165, 1.54) is 0 Å². The van der Waals surface area contributed by atoms with Gasteiger partial charge in [-0.3, -0.25) is 4.79 Å². The molecule has 3 N–H and O–H groups in total. The topological polar surface area (TPSA) is 83.5 Å². The molecule has 158 valence electrons. The largest absolute Gasteiger partial charge is 0.388 e. The van der Waals surface area contributed by atoms with Gasteiger partial charge < -0.3 is 20.5 Å². The van der Waals surface area contributed by atoms with Crippen LogP contribution in [0.25, 0.3) is 10.6 Å². The Hall–Kier alpha value is -1.51. The molecule has 2 fully saturated rings. The lowest BCUT2D eigenvalue weighted by molar-refractivity contribution is -0.200. The molecule has 2 aliphatic heterocycles. The van der Waals surface area contributed by atoms with E-state index in [9.17, 15) is 9.90 Å². The number of halogens is 1. The monoisotopic (exact) mass is 437 g/mol. The van der Waals surface area contributed by atoms with E-state index in [4.69, 9.17) is 4.74 Å². The first-order valence-corrected chi connectivity index (χ1v) is 10.7. The molecular formula is C21H28ClN3O3S. The molecule has 4 rings (SSSR count). The molecule has 2 saturated heterocycles. The highest BCUT2D eigenvalue weighted by atomic mass is 35.5. The van der Waals surface area contributed by atoms with Gasteiger partial charge in [0.05, 0.1) is 23.3 Å². The van der Waals surface area contributed by atoms with Crippen LogP contribution in [0.4, 0.5) is 0 Å². The second kappa shape index (κ2) is 9.10. The summed E-state index contributed by atoms with van der Waals surface area (Å²) in [5.74, 6) is -0.113. The van der Waals surface area contributed by atoms with Gasteiger partial charge in [0.25, 0.3) is 0 Å². The molecule has 0 aliphatic carbocycles. The predicted octanol–water partition coefficient (Wildman–Crippen LogP) is 2.55. The van der Waals surface area contributed by atoms with Gasteiger partial charge in [0.1, 0.15) is 11.1 Å². The smallest absolute Gasteiger partial charge is 0.226 e. The highest BCUT2D eigenvalue weighted by Gasteiger charge is 2.53. The number of aromatic nitrogens is 1. The van der Waals surface area contributed by atoms with Crippen LogP contribution >= 0.6 is 23.7 Å². The summed E-state index contributed by atoms with van der Waals surface area (Å²) in [5, 5.41) is 20.3. The minimum absolute atomic E-state index is 0. The summed E-state index contributed by atoms with van der Waals surface area (Å²) in [6.45, 7) is 4.12. The molecule has 3 heterocycles. The number of benzene rings is 1. The van der Waals surface area contributed by atoms with Crippen LogP contribution < -0.4 is 10.6 Å². The number of nitrogens with zero attached hydrogens (tertiary/aromatic N) is 1. The van der Waals surface area contributed by atoms with Crippen LogP contribution in [0.1, 0.15) is 31.9 Å². The Bertz CT molecular complexity index is 820. The molecule has 0 bridgehead atoms. The molecule has 0 radical (unpaired) electrons.